The fourth-order valence-corrected chi connectivity index (χ4v) is 2.87. The van der Waals surface area contributed by atoms with Crippen LogP contribution in [-0.4, -0.2) is 22.7 Å². The molecule has 1 heterocycles. The van der Waals surface area contributed by atoms with Gasteiger partial charge in [0, 0.05) is 5.75 Å². The lowest BCUT2D eigenvalue weighted by Crippen LogP contribution is -2.33. The van der Waals surface area contributed by atoms with E-state index in [2.05, 4.69) is 14.9 Å². The largest absolute Gasteiger partial charge is 0.461 e. The Morgan fingerprint density at radius 1 is 1.24 bits per heavy atom. The third-order valence-electron chi connectivity index (χ3n) is 2.22. The van der Waals surface area contributed by atoms with Crippen molar-refractivity contribution in [3.63, 3.8) is 0 Å². The molecular weight excluding hydrogens is 330 g/mol. The molecular formula is C11H9F4N3OS2. The Bertz CT molecular complexity index is 591. The third-order valence-corrected chi connectivity index (χ3v) is 4.17. The van der Waals surface area contributed by atoms with E-state index in [1.165, 1.54) is 47.4 Å². The van der Waals surface area contributed by atoms with Gasteiger partial charge in [-0.05, 0) is 17.7 Å². The second kappa shape index (κ2) is 6.48. The van der Waals surface area contributed by atoms with E-state index >= 15 is 0 Å². The number of benzene rings is 1. The van der Waals surface area contributed by atoms with Crippen molar-refractivity contribution < 1.29 is 22.3 Å². The molecule has 0 saturated carbocycles. The Balaban J connectivity index is 1.93. The molecule has 1 aromatic carbocycles. The Morgan fingerprint density at radius 3 is 2.43 bits per heavy atom. The number of alkyl halides is 4. The standard InChI is InChI=1S/C11H9F4N3OS2/c12-8(13)11(14,15)19-7-3-1-6(2-4-7)5-20-10-18-17-9(16)21-10/h1-4,8H,5H2,(H2,16,17). The van der Waals surface area contributed by atoms with Crippen molar-refractivity contribution >= 4 is 28.2 Å². The van der Waals surface area contributed by atoms with Gasteiger partial charge in [0.05, 0.1) is 0 Å². The zero-order chi connectivity index (χ0) is 15.5. The van der Waals surface area contributed by atoms with Crippen molar-refractivity contribution in [3.8, 4) is 5.75 Å². The molecule has 0 unspecified atom stereocenters. The molecule has 1 aromatic heterocycles. The van der Waals surface area contributed by atoms with Crippen LogP contribution in [0.1, 0.15) is 5.56 Å². The number of nitrogens with zero attached hydrogens (tertiary/aromatic N) is 2. The number of anilines is 1. The van der Waals surface area contributed by atoms with Gasteiger partial charge < -0.3 is 10.5 Å². The summed E-state index contributed by atoms with van der Waals surface area (Å²) in [7, 11) is 0. The van der Waals surface area contributed by atoms with Gasteiger partial charge >= 0.3 is 12.5 Å². The highest BCUT2D eigenvalue weighted by molar-refractivity contribution is 8.00. The van der Waals surface area contributed by atoms with Gasteiger partial charge in [-0.3, -0.25) is 0 Å². The quantitative estimate of drug-likeness (QED) is 0.643. The molecule has 0 aliphatic carbocycles. The number of hydrogen-bond donors (Lipinski definition) is 1. The number of nitrogens with two attached hydrogens (primary N) is 1. The van der Waals surface area contributed by atoms with Gasteiger partial charge in [0.1, 0.15) is 5.75 Å². The van der Waals surface area contributed by atoms with Crippen molar-refractivity contribution in [2.75, 3.05) is 5.73 Å². The first-order chi connectivity index (χ1) is 9.87. The van der Waals surface area contributed by atoms with Crippen LogP contribution < -0.4 is 10.5 Å². The molecule has 0 spiro atoms. The molecule has 0 aliphatic rings. The van der Waals surface area contributed by atoms with Crippen LogP contribution in [0.3, 0.4) is 0 Å². The fourth-order valence-electron chi connectivity index (χ4n) is 1.28. The van der Waals surface area contributed by atoms with Crippen LogP contribution in [0.4, 0.5) is 22.7 Å². The Labute approximate surface area is 125 Å². The highest BCUT2D eigenvalue weighted by Crippen LogP contribution is 2.30. The maximum atomic E-state index is 12.7. The Morgan fingerprint density at radius 2 is 1.90 bits per heavy atom. The summed E-state index contributed by atoms with van der Waals surface area (Å²) < 4.78 is 54.0. The average Bonchev–Trinajstić information content (AvgIpc) is 2.83. The zero-order valence-electron chi connectivity index (χ0n) is 10.3. The maximum Gasteiger partial charge on any atom is 0.461 e. The molecule has 0 radical (unpaired) electrons. The molecule has 2 rings (SSSR count). The van der Waals surface area contributed by atoms with Gasteiger partial charge in [0.25, 0.3) is 0 Å². The Hall–Kier alpha value is -1.55. The van der Waals surface area contributed by atoms with Crippen LogP contribution in [0, 0.1) is 0 Å². The van der Waals surface area contributed by atoms with E-state index < -0.39 is 12.5 Å². The zero-order valence-corrected chi connectivity index (χ0v) is 11.9. The molecule has 0 atom stereocenters. The van der Waals surface area contributed by atoms with Crippen LogP contribution in [0.5, 0.6) is 5.75 Å². The molecule has 21 heavy (non-hydrogen) atoms. The van der Waals surface area contributed by atoms with Crippen LogP contribution in [-0.2, 0) is 5.75 Å². The molecule has 10 heteroatoms. The van der Waals surface area contributed by atoms with Gasteiger partial charge in [0.2, 0.25) is 5.13 Å². The van der Waals surface area contributed by atoms with E-state index in [1.54, 1.807) is 0 Å². The monoisotopic (exact) mass is 339 g/mol. The summed E-state index contributed by atoms with van der Waals surface area (Å²) >= 11 is 2.61. The van der Waals surface area contributed by atoms with E-state index in [0.717, 1.165) is 5.56 Å². The molecule has 4 nitrogen and oxygen atoms in total. The summed E-state index contributed by atoms with van der Waals surface area (Å²) in [5.74, 6) is 0.189. The topological polar surface area (TPSA) is 61.0 Å². The van der Waals surface area contributed by atoms with Crippen molar-refractivity contribution in [1.29, 1.82) is 0 Å². The van der Waals surface area contributed by atoms with E-state index in [1.807, 2.05) is 0 Å². The van der Waals surface area contributed by atoms with Crippen LogP contribution >= 0.6 is 23.1 Å². The minimum absolute atomic E-state index is 0.325. The van der Waals surface area contributed by atoms with Gasteiger partial charge in [-0.25, -0.2) is 0 Å². The van der Waals surface area contributed by atoms with Crippen molar-refractivity contribution in [2.24, 2.45) is 0 Å². The first-order valence-corrected chi connectivity index (χ1v) is 7.33. The summed E-state index contributed by atoms with van der Waals surface area (Å²) in [6.45, 7) is 0. The van der Waals surface area contributed by atoms with E-state index in [9.17, 15) is 17.6 Å². The van der Waals surface area contributed by atoms with Gasteiger partial charge in [-0.2, -0.15) is 17.6 Å². The summed E-state index contributed by atoms with van der Waals surface area (Å²) in [6.07, 6.45) is -8.38. The lowest BCUT2D eigenvalue weighted by molar-refractivity contribution is -0.253. The van der Waals surface area contributed by atoms with Gasteiger partial charge in [0.15, 0.2) is 4.34 Å². The number of rotatable bonds is 6. The predicted molar refractivity (Wildman–Crippen MR) is 71.9 cm³/mol. The fraction of sp³-hybridized carbons (Fsp3) is 0.273. The first kappa shape index (κ1) is 15.8. The van der Waals surface area contributed by atoms with E-state index in [4.69, 9.17) is 5.73 Å². The average molecular weight is 339 g/mol. The molecule has 114 valence electrons. The molecule has 0 bridgehead atoms. The predicted octanol–water partition coefficient (Wildman–Crippen LogP) is 3.65. The van der Waals surface area contributed by atoms with Crippen LogP contribution in [0.2, 0.25) is 0 Å². The third kappa shape index (κ3) is 4.46. The minimum Gasteiger partial charge on any atom is -0.428 e. The number of ether oxygens (including phenoxy) is 1. The molecule has 2 aromatic rings. The second-order valence-electron chi connectivity index (χ2n) is 3.80. The SMILES string of the molecule is Nc1nnc(SCc2ccc(OC(F)(F)C(F)F)cc2)s1. The van der Waals surface area contributed by atoms with Gasteiger partial charge in [-0.1, -0.05) is 35.2 Å². The molecule has 2 N–H and O–H groups in total. The highest BCUT2D eigenvalue weighted by Gasteiger charge is 2.43. The smallest absolute Gasteiger partial charge is 0.428 e. The minimum atomic E-state index is -4.50. The second-order valence-corrected chi connectivity index (χ2v) is 6.03. The van der Waals surface area contributed by atoms with Crippen LogP contribution in [0.15, 0.2) is 28.6 Å². The number of thioether (sulfide) groups is 1. The van der Waals surface area contributed by atoms with Crippen LogP contribution in [0.25, 0.3) is 0 Å². The lowest BCUT2D eigenvalue weighted by atomic mass is 10.2. The van der Waals surface area contributed by atoms with Gasteiger partial charge in [-0.15, -0.1) is 10.2 Å². The lowest BCUT2D eigenvalue weighted by Gasteiger charge is -2.16. The van der Waals surface area contributed by atoms with Crippen molar-refractivity contribution in [3.05, 3.63) is 29.8 Å². The van der Waals surface area contributed by atoms with E-state index in [-0.39, 0.29) is 5.75 Å². The number of nitrogen functional groups attached to an aromatic ring is 1. The molecule has 0 saturated heterocycles. The summed E-state index contributed by atoms with van der Waals surface area (Å²) in [5.41, 5.74) is 6.23. The first-order valence-electron chi connectivity index (χ1n) is 5.52. The molecule has 0 fully saturated rings. The Kier molecular flexibility index (Phi) is 4.88. The molecule has 0 aliphatic heterocycles. The number of hydrogen-bond acceptors (Lipinski definition) is 6. The summed E-state index contributed by atoms with van der Waals surface area (Å²) in [6, 6.07) is 5.43. The van der Waals surface area contributed by atoms with Crippen molar-refractivity contribution in [1.82, 2.24) is 10.2 Å². The maximum absolute atomic E-state index is 12.7. The highest BCUT2D eigenvalue weighted by atomic mass is 32.2. The molecule has 0 amide bonds. The number of halogens is 4. The van der Waals surface area contributed by atoms with E-state index in [0.29, 0.717) is 15.2 Å². The summed E-state index contributed by atoms with van der Waals surface area (Å²) in [4.78, 5) is 0. The van der Waals surface area contributed by atoms with Crippen molar-refractivity contribution in [2.45, 2.75) is 22.6 Å². The number of aromatic nitrogens is 2. The summed E-state index contributed by atoms with van der Waals surface area (Å²) in [5, 5.41) is 7.82. The normalized spacial score (nSPS) is 11.9.